The highest BCUT2D eigenvalue weighted by Crippen LogP contribution is 2.09. The molecule has 0 saturated heterocycles. The van der Waals surface area contributed by atoms with Crippen molar-refractivity contribution in [3.8, 4) is 0 Å². The van der Waals surface area contributed by atoms with Gasteiger partial charge < -0.3 is 5.32 Å². The number of pyridine rings is 1. The van der Waals surface area contributed by atoms with E-state index in [-0.39, 0.29) is 5.91 Å². The van der Waals surface area contributed by atoms with E-state index in [9.17, 15) is 4.79 Å². The molecule has 1 rings (SSSR count). The van der Waals surface area contributed by atoms with E-state index in [1.165, 1.54) is 0 Å². The summed E-state index contributed by atoms with van der Waals surface area (Å²) in [6.45, 7) is 0. The Morgan fingerprint density at radius 2 is 2.38 bits per heavy atom. The second-order valence-corrected chi connectivity index (χ2v) is 3.51. The first-order valence-electron chi connectivity index (χ1n) is 3.71. The summed E-state index contributed by atoms with van der Waals surface area (Å²) in [5, 5.41) is 3.63. The number of anilines is 1. The summed E-state index contributed by atoms with van der Waals surface area (Å²) >= 11 is 8.80. The van der Waals surface area contributed by atoms with Gasteiger partial charge in [-0.15, -0.1) is 0 Å². The van der Waals surface area contributed by atoms with E-state index in [4.69, 9.17) is 11.6 Å². The number of carbonyl (C=O) groups is 1. The summed E-state index contributed by atoms with van der Waals surface area (Å²) in [5.74, 6) is 0.407. The molecular weight excluding hydrogens is 255 g/mol. The number of rotatable bonds is 3. The first-order chi connectivity index (χ1) is 6.22. The van der Waals surface area contributed by atoms with E-state index in [1.807, 2.05) is 0 Å². The average Bonchev–Trinajstić information content (AvgIpc) is 2.04. The van der Waals surface area contributed by atoms with E-state index < -0.39 is 0 Å². The smallest absolute Gasteiger partial charge is 0.226 e. The zero-order valence-electron chi connectivity index (χ0n) is 6.76. The van der Waals surface area contributed by atoms with Gasteiger partial charge in [0.25, 0.3) is 0 Å². The van der Waals surface area contributed by atoms with Gasteiger partial charge in [-0.25, -0.2) is 4.98 Å². The van der Waals surface area contributed by atoms with Gasteiger partial charge in [-0.3, -0.25) is 4.79 Å². The van der Waals surface area contributed by atoms with Gasteiger partial charge in [-0.05, 0) is 12.1 Å². The molecule has 0 aliphatic heterocycles. The van der Waals surface area contributed by atoms with Crippen molar-refractivity contribution in [3.63, 3.8) is 0 Å². The van der Waals surface area contributed by atoms with Crippen LogP contribution in [0.2, 0.25) is 5.15 Å². The number of hydrogen-bond acceptors (Lipinski definition) is 2. The highest BCUT2D eigenvalue weighted by atomic mass is 79.9. The maximum atomic E-state index is 11.1. The normalized spacial score (nSPS) is 9.69. The predicted molar refractivity (Wildman–Crippen MR) is 56.3 cm³/mol. The zero-order valence-corrected chi connectivity index (χ0v) is 9.10. The largest absolute Gasteiger partial charge is 0.311 e. The van der Waals surface area contributed by atoms with Crippen molar-refractivity contribution in [1.29, 1.82) is 0 Å². The molecule has 0 fully saturated rings. The summed E-state index contributed by atoms with van der Waals surface area (Å²) in [7, 11) is 0. The van der Waals surface area contributed by atoms with Gasteiger partial charge in [0.1, 0.15) is 11.0 Å². The molecular formula is C8H8BrClN2O. The molecule has 1 amide bonds. The molecule has 13 heavy (non-hydrogen) atoms. The van der Waals surface area contributed by atoms with Gasteiger partial charge in [-0.1, -0.05) is 33.6 Å². The summed E-state index contributed by atoms with van der Waals surface area (Å²) < 4.78 is 0. The summed E-state index contributed by atoms with van der Waals surface area (Å²) in [6, 6.07) is 5.08. The maximum Gasteiger partial charge on any atom is 0.226 e. The minimum atomic E-state index is -0.0772. The van der Waals surface area contributed by atoms with Crippen LogP contribution in [-0.2, 0) is 4.79 Å². The Morgan fingerprint density at radius 1 is 1.62 bits per heavy atom. The van der Waals surface area contributed by atoms with Crippen molar-refractivity contribution >= 4 is 39.3 Å². The number of carbonyl (C=O) groups excluding carboxylic acids is 1. The summed E-state index contributed by atoms with van der Waals surface area (Å²) in [6.07, 6.45) is 0.425. The van der Waals surface area contributed by atoms with Crippen LogP contribution in [0.3, 0.4) is 0 Å². The van der Waals surface area contributed by atoms with E-state index in [0.29, 0.717) is 22.7 Å². The zero-order chi connectivity index (χ0) is 9.68. The molecule has 0 aliphatic carbocycles. The van der Waals surface area contributed by atoms with Gasteiger partial charge >= 0.3 is 0 Å². The highest BCUT2D eigenvalue weighted by molar-refractivity contribution is 9.09. The van der Waals surface area contributed by atoms with E-state index >= 15 is 0 Å². The van der Waals surface area contributed by atoms with Crippen LogP contribution in [0, 0.1) is 0 Å². The average molecular weight is 264 g/mol. The lowest BCUT2D eigenvalue weighted by molar-refractivity contribution is -0.115. The third kappa shape index (κ3) is 3.74. The molecule has 0 radical (unpaired) electrons. The van der Waals surface area contributed by atoms with Crippen molar-refractivity contribution in [3.05, 3.63) is 23.4 Å². The van der Waals surface area contributed by atoms with E-state index in [0.717, 1.165) is 0 Å². The van der Waals surface area contributed by atoms with Crippen LogP contribution in [0.15, 0.2) is 18.2 Å². The molecule has 1 aromatic heterocycles. The molecule has 0 atom stereocenters. The van der Waals surface area contributed by atoms with Gasteiger partial charge in [0.15, 0.2) is 0 Å². The minimum Gasteiger partial charge on any atom is -0.311 e. The fourth-order valence-electron chi connectivity index (χ4n) is 0.769. The lowest BCUT2D eigenvalue weighted by atomic mass is 10.4. The van der Waals surface area contributed by atoms with Crippen molar-refractivity contribution in [2.45, 2.75) is 6.42 Å². The molecule has 1 aromatic rings. The standard InChI is InChI=1S/C8H8BrClN2O/c9-5-4-8(13)12-7-3-1-2-6(10)11-7/h1-3H,4-5H2,(H,11,12,13). The number of aromatic nitrogens is 1. The Kier molecular flexibility index (Phi) is 4.18. The Labute approximate surface area is 89.6 Å². The molecule has 0 aromatic carbocycles. The highest BCUT2D eigenvalue weighted by Gasteiger charge is 2.01. The summed E-state index contributed by atoms with van der Waals surface area (Å²) in [5.41, 5.74) is 0. The Balaban J connectivity index is 2.58. The molecule has 0 saturated carbocycles. The number of halogens is 2. The monoisotopic (exact) mass is 262 g/mol. The molecule has 70 valence electrons. The molecule has 1 heterocycles. The topological polar surface area (TPSA) is 42.0 Å². The van der Waals surface area contributed by atoms with Gasteiger partial charge in [0.05, 0.1) is 0 Å². The van der Waals surface area contributed by atoms with Gasteiger partial charge in [0.2, 0.25) is 5.91 Å². The fraction of sp³-hybridized carbons (Fsp3) is 0.250. The van der Waals surface area contributed by atoms with E-state index in [1.54, 1.807) is 18.2 Å². The number of nitrogens with one attached hydrogen (secondary N) is 1. The lowest BCUT2D eigenvalue weighted by Gasteiger charge is -2.02. The van der Waals surface area contributed by atoms with Crippen LogP contribution in [0.25, 0.3) is 0 Å². The summed E-state index contributed by atoms with van der Waals surface area (Å²) in [4.78, 5) is 15.0. The van der Waals surface area contributed by atoms with Gasteiger partial charge in [0, 0.05) is 11.8 Å². The van der Waals surface area contributed by atoms with Crippen molar-refractivity contribution in [2.24, 2.45) is 0 Å². The number of amides is 1. The minimum absolute atomic E-state index is 0.0772. The van der Waals surface area contributed by atoms with Gasteiger partial charge in [-0.2, -0.15) is 0 Å². The Hall–Kier alpha value is -0.610. The predicted octanol–water partition coefficient (Wildman–Crippen LogP) is 2.46. The molecule has 0 bridgehead atoms. The van der Waals surface area contributed by atoms with Crippen molar-refractivity contribution in [2.75, 3.05) is 10.6 Å². The molecule has 0 aliphatic rings. The first kappa shape index (κ1) is 10.5. The molecule has 1 N–H and O–H groups in total. The van der Waals surface area contributed by atoms with E-state index in [2.05, 4.69) is 26.2 Å². The number of nitrogens with zero attached hydrogens (tertiary/aromatic N) is 1. The molecule has 0 unspecified atom stereocenters. The van der Waals surface area contributed by atoms with Crippen molar-refractivity contribution < 1.29 is 4.79 Å². The quantitative estimate of drug-likeness (QED) is 0.672. The maximum absolute atomic E-state index is 11.1. The van der Waals surface area contributed by atoms with Crippen LogP contribution in [0.4, 0.5) is 5.82 Å². The van der Waals surface area contributed by atoms with Crippen molar-refractivity contribution in [1.82, 2.24) is 4.98 Å². The van der Waals surface area contributed by atoms with Crippen LogP contribution >= 0.6 is 27.5 Å². The lowest BCUT2D eigenvalue weighted by Crippen LogP contribution is -2.12. The van der Waals surface area contributed by atoms with Crippen LogP contribution in [-0.4, -0.2) is 16.2 Å². The number of alkyl halides is 1. The number of hydrogen-bond donors (Lipinski definition) is 1. The Morgan fingerprint density at radius 3 is 3.00 bits per heavy atom. The second kappa shape index (κ2) is 5.19. The third-order valence-corrected chi connectivity index (χ3v) is 1.91. The van der Waals surface area contributed by atoms with Crippen LogP contribution < -0.4 is 5.32 Å². The molecule has 3 nitrogen and oxygen atoms in total. The third-order valence-electron chi connectivity index (χ3n) is 1.30. The van der Waals surface area contributed by atoms with Crippen LogP contribution in [0.5, 0.6) is 0 Å². The second-order valence-electron chi connectivity index (χ2n) is 2.33. The first-order valence-corrected chi connectivity index (χ1v) is 5.20. The van der Waals surface area contributed by atoms with Crippen LogP contribution in [0.1, 0.15) is 6.42 Å². The molecule has 0 spiro atoms. The molecule has 5 heteroatoms. The fourth-order valence-corrected chi connectivity index (χ4v) is 1.29. The Bertz CT molecular complexity index is 306. The SMILES string of the molecule is O=C(CCBr)Nc1cccc(Cl)n1.